The predicted molar refractivity (Wildman–Crippen MR) is 106 cm³/mol. The molecule has 8 heteroatoms. The summed E-state index contributed by atoms with van der Waals surface area (Å²) in [5.74, 6) is 0.357. The van der Waals surface area contributed by atoms with E-state index in [-0.39, 0.29) is 23.6 Å². The number of nitrogens with one attached hydrogen (secondary N) is 2. The summed E-state index contributed by atoms with van der Waals surface area (Å²) >= 11 is 6.77. The Bertz CT molecular complexity index is 982. The molecule has 0 saturated heterocycles. The van der Waals surface area contributed by atoms with Gasteiger partial charge in [0.2, 0.25) is 5.91 Å². The van der Waals surface area contributed by atoms with Crippen molar-refractivity contribution in [1.29, 1.82) is 0 Å². The third-order valence-corrected chi connectivity index (χ3v) is 5.12. The van der Waals surface area contributed by atoms with Crippen LogP contribution in [0.15, 0.2) is 35.7 Å². The number of aromatic amines is 1. The maximum absolute atomic E-state index is 12.5. The molecule has 0 atom stereocenters. The number of rotatable bonds is 4. The lowest BCUT2D eigenvalue weighted by Crippen LogP contribution is -2.20. The van der Waals surface area contributed by atoms with Crippen molar-refractivity contribution in [3.8, 4) is 16.5 Å². The number of benzene rings is 1. The van der Waals surface area contributed by atoms with Gasteiger partial charge in [-0.3, -0.25) is 14.5 Å². The summed E-state index contributed by atoms with van der Waals surface area (Å²) in [6, 6.07) is 9.08. The Labute approximate surface area is 160 Å². The molecule has 1 amide bonds. The first-order chi connectivity index (χ1) is 12.3. The highest BCUT2D eigenvalue weighted by Crippen LogP contribution is 2.31. The summed E-state index contributed by atoms with van der Waals surface area (Å²) in [6.45, 7) is 6.22. The van der Waals surface area contributed by atoms with E-state index in [9.17, 15) is 9.90 Å². The second-order valence-corrected chi connectivity index (χ2v) is 8.28. The number of carbonyl (C=O) groups excluding carboxylic acids is 1. The summed E-state index contributed by atoms with van der Waals surface area (Å²) in [6.07, 6.45) is 0. The molecule has 0 spiro atoms. The largest absolute Gasteiger partial charge is 0.506 e. The van der Waals surface area contributed by atoms with Crippen LogP contribution < -0.4 is 5.32 Å². The number of phenols is 1. The van der Waals surface area contributed by atoms with Crippen LogP contribution >= 0.6 is 23.6 Å². The monoisotopic (exact) mass is 388 g/mol. The number of aromatic nitrogens is 3. The molecule has 0 radical (unpaired) electrons. The predicted octanol–water partition coefficient (Wildman–Crippen LogP) is 4.31. The fourth-order valence-electron chi connectivity index (χ4n) is 2.49. The maximum atomic E-state index is 12.5. The molecule has 2 heterocycles. The Kier molecular flexibility index (Phi) is 4.97. The van der Waals surface area contributed by atoms with Gasteiger partial charge in [0, 0.05) is 0 Å². The molecule has 1 aromatic carbocycles. The fraction of sp³-hybridized carbons (Fsp3) is 0.278. The van der Waals surface area contributed by atoms with Gasteiger partial charge in [-0.05, 0) is 46.8 Å². The number of anilines is 1. The van der Waals surface area contributed by atoms with E-state index in [1.165, 1.54) is 11.3 Å². The Morgan fingerprint density at radius 1 is 1.38 bits per heavy atom. The van der Waals surface area contributed by atoms with Crippen LogP contribution in [-0.2, 0) is 16.8 Å². The number of nitrogens with zero attached hydrogens (tertiary/aromatic N) is 2. The van der Waals surface area contributed by atoms with Gasteiger partial charge in [-0.15, -0.1) is 11.3 Å². The number of phenolic OH excluding ortho intramolecular Hbond substituents is 1. The third-order valence-electron chi connectivity index (χ3n) is 3.94. The minimum Gasteiger partial charge on any atom is -0.506 e. The molecular weight excluding hydrogens is 368 g/mol. The molecule has 0 saturated carbocycles. The van der Waals surface area contributed by atoms with Crippen molar-refractivity contribution in [2.75, 3.05) is 5.32 Å². The minimum absolute atomic E-state index is 0.00174. The lowest BCUT2D eigenvalue weighted by molar-refractivity contribution is -0.116. The zero-order valence-electron chi connectivity index (χ0n) is 14.7. The van der Waals surface area contributed by atoms with Gasteiger partial charge in [0.1, 0.15) is 12.3 Å². The van der Waals surface area contributed by atoms with Crippen molar-refractivity contribution in [3.05, 3.63) is 46.0 Å². The van der Waals surface area contributed by atoms with Crippen LogP contribution in [0.3, 0.4) is 0 Å². The molecule has 3 rings (SSSR count). The lowest BCUT2D eigenvalue weighted by Gasteiger charge is -2.20. The highest BCUT2D eigenvalue weighted by Gasteiger charge is 2.18. The quantitative estimate of drug-likeness (QED) is 0.459. The molecule has 3 aromatic rings. The molecule has 0 bridgehead atoms. The Hall–Kier alpha value is -2.45. The highest BCUT2D eigenvalue weighted by atomic mass is 32.1. The minimum atomic E-state index is -0.290. The van der Waals surface area contributed by atoms with Gasteiger partial charge in [-0.2, -0.15) is 5.10 Å². The van der Waals surface area contributed by atoms with Gasteiger partial charge in [0.25, 0.3) is 0 Å². The summed E-state index contributed by atoms with van der Waals surface area (Å²) in [5.41, 5.74) is 1.31. The standard InChI is InChI=1S/C18H20N4O2S2/c1-18(2,3)11-6-7-13(23)12(9-11)19-15(24)10-22-16(20-21-17(22)25)14-5-4-8-26-14/h4-9,23H,10H2,1-3H3,(H,19,24)(H,21,25). The van der Waals surface area contributed by atoms with E-state index in [0.29, 0.717) is 16.3 Å². The average molecular weight is 389 g/mol. The van der Waals surface area contributed by atoms with Gasteiger partial charge < -0.3 is 10.4 Å². The Balaban J connectivity index is 1.83. The zero-order valence-corrected chi connectivity index (χ0v) is 16.4. The van der Waals surface area contributed by atoms with Crippen LogP contribution in [0.5, 0.6) is 5.75 Å². The van der Waals surface area contributed by atoms with Crippen molar-refractivity contribution >= 4 is 35.1 Å². The van der Waals surface area contributed by atoms with E-state index < -0.39 is 0 Å². The van der Waals surface area contributed by atoms with Gasteiger partial charge in [-0.1, -0.05) is 32.9 Å². The van der Waals surface area contributed by atoms with E-state index in [4.69, 9.17) is 12.2 Å². The Morgan fingerprint density at radius 3 is 2.81 bits per heavy atom. The molecule has 26 heavy (non-hydrogen) atoms. The van der Waals surface area contributed by atoms with E-state index in [0.717, 1.165) is 10.4 Å². The van der Waals surface area contributed by atoms with Crippen LogP contribution in [0.25, 0.3) is 10.7 Å². The molecule has 0 aliphatic heterocycles. The van der Waals surface area contributed by atoms with Crippen LogP contribution in [0.4, 0.5) is 5.69 Å². The summed E-state index contributed by atoms with van der Waals surface area (Å²) in [7, 11) is 0. The molecule has 6 nitrogen and oxygen atoms in total. The molecule has 136 valence electrons. The number of H-pyrrole nitrogens is 1. The van der Waals surface area contributed by atoms with Gasteiger partial charge >= 0.3 is 0 Å². The second-order valence-electron chi connectivity index (χ2n) is 6.95. The molecular formula is C18H20N4O2S2. The average Bonchev–Trinajstić information content (AvgIpc) is 3.19. The molecule has 2 aromatic heterocycles. The van der Waals surface area contributed by atoms with Crippen molar-refractivity contribution < 1.29 is 9.90 Å². The van der Waals surface area contributed by atoms with Crippen molar-refractivity contribution in [2.24, 2.45) is 0 Å². The van der Waals surface area contributed by atoms with E-state index in [1.807, 2.05) is 23.6 Å². The number of hydrogen-bond acceptors (Lipinski definition) is 5. The topological polar surface area (TPSA) is 82.9 Å². The summed E-state index contributed by atoms with van der Waals surface area (Å²) in [5, 5.41) is 21.7. The smallest absolute Gasteiger partial charge is 0.244 e. The van der Waals surface area contributed by atoms with E-state index in [1.54, 1.807) is 16.7 Å². The maximum Gasteiger partial charge on any atom is 0.244 e. The molecule has 0 unspecified atom stereocenters. The van der Waals surface area contributed by atoms with Gasteiger partial charge in [0.05, 0.1) is 10.6 Å². The SMILES string of the molecule is CC(C)(C)c1ccc(O)c(NC(=O)Cn2c(-c3cccs3)n[nH]c2=S)c1. The first kappa shape index (κ1) is 18.3. The van der Waals surface area contributed by atoms with Crippen LogP contribution in [0, 0.1) is 4.77 Å². The number of carbonyl (C=O) groups is 1. The highest BCUT2D eigenvalue weighted by molar-refractivity contribution is 7.71. The number of amides is 1. The molecule has 0 fully saturated rings. The lowest BCUT2D eigenvalue weighted by atomic mass is 9.87. The zero-order chi connectivity index (χ0) is 18.9. The second kappa shape index (κ2) is 7.05. The summed E-state index contributed by atoms with van der Waals surface area (Å²) in [4.78, 5) is 13.5. The van der Waals surface area contributed by atoms with E-state index >= 15 is 0 Å². The summed E-state index contributed by atoms with van der Waals surface area (Å²) < 4.78 is 2.01. The first-order valence-corrected chi connectivity index (χ1v) is 9.37. The Morgan fingerprint density at radius 2 is 2.15 bits per heavy atom. The van der Waals surface area contributed by atoms with Crippen molar-refractivity contribution in [2.45, 2.75) is 32.7 Å². The number of thiophene rings is 1. The molecule has 0 aliphatic carbocycles. The molecule has 0 aliphatic rings. The normalized spacial score (nSPS) is 11.5. The van der Waals surface area contributed by atoms with Gasteiger partial charge in [0.15, 0.2) is 10.6 Å². The third kappa shape index (κ3) is 3.86. The van der Waals surface area contributed by atoms with Crippen LogP contribution in [0.1, 0.15) is 26.3 Å². The van der Waals surface area contributed by atoms with Crippen LogP contribution in [-0.4, -0.2) is 25.8 Å². The van der Waals surface area contributed by atoms with Gasteiger partial charge in [-0.25, -0.2) is 0 Å². The first-order valence-electron chi connectivity index (χ1n) is 8.08. The van der Waals surface area contributed by atoms with Crippen molar-refractivity contribution in [3.63, 3.8) is 0 Å². The van der Waals surface area contributed by atoms with Crippen molar-refractivity contribution in [1.82, 2.24) is 14.8 Å². The van der Waals surface area contributed by atoms with Crippen LogP contribution in [0.2, 0.25) is 0 Å². The molecule has 3 N–H and O–H groups in total. The fourth-order valence-corrected chi connectivity index (χ4v) is 3.41. The number of aromatic hydroxyl groups is 1. The van der Waals surface area contributed by atoms with E-state index in [2.05, 4.69) is 36.3 Å². The number of hydrogen-bond donors (Lipinski definition) is 3.